The number of aliphatic hydroxyl groups is 3. The third kappa shape index (κ3) is 3.55. The van der Waals surface area contributed by atoms with Crippen LogP contribution in [0.25, 0.3) is 0 Å². The van der Waals surface area contributed by atoms with E-state index in [9.17, 15) is 24.9 Å². The van der Waals surface area contributed by atoms with Gasteiger partial charge >= 0.3 is 11.9 Å². The Morgan fingerprint density at radius 3 is 2.28 bits per heavy atom. The van der Waals surface area contributed by atoms with Crippen molar-refractivity contribution in [3.8, 4) is 0 Å². The number of aliphatic hydroxyl groups excluding tert-OH is 2. The highest BCUT2D eigenvalue weighted by Crippen LogP contribution is 2.80. The van der Waals surface area contributed by atoms with Gasteiger partial charge in [0, 0.05) is 89.4 Å². The van der Waals surface area contributed by atoms with E-state index < -0.39 is 88.3 Å². The summed E-state index contributed by atoms with van der Waals surface area (Å²) in [5, 5.41) is 36.9. The normalized spacial score (nSPS) is 52.7. The topological polar surface area (TPSA) is 153 Å². The Kier molecular flexibility index (Phi) is 7.78. The Hall–Kier alpha value is -1.38. The zero-order valence-electron chi connectivity index (χ0n) is 26.4. The lowest BCUT2D eigenvalue weighted by Gasteiger charge is -2.70. The average Bonchev–Trinajstić information content (AvgIpc) is 3.33. The van der Waals surface area contributed by atoms with Crippen molar-refractivity contribution in [3.63, 3.8) is 0 Å². The molecule has 1 spiro atoms. The summed E-state index contributed by atoms with van der Waals surface area (Å²) in [6.07, 6.45) is -4.47. The summed E-state index contributed by atoms with van der Waals surface area (Å²) in [5.74, 6) is -3.28. The first kappa shape index (κ1) is 31.6. The maximum atomic E-state index is 13.1. The minimum atomic E-state index is -1.76. The van der Waals surface area contributed by atoms with Gasteiger partial charge < -0.3 is 43.7 Å². The molecule has 0 aromatic rings. The Morgan fingerprint density at radius 2 is 1.72 bits per heavy atom. The number of carbonyl (C=O) groups is 2. The molecule has 5 saturated carbocycles. The monoisotopic (exact) mass is 611 g/mol. The second-order valence-corrected chi connectivity index (χ2v) is 13.9. The predicted molar refractivity (Wildman–Crippen MR) is 150 cm³/mol. The number of hydrogen-bond acceptors (Lipinski definition) is 12. The Labute approximate surface area is 253 Å². The lowest BCUT2D eigenvalue weighted by Crippen LogP contribution is -2.81. The lowest BCUT2D eigenvalue weighted by atomic mass is 9.42. The third-order valence-corrected chi connectivity index (χ3v) is 12.6. The van der Waals surface area contributed by atoms with Crippen LogP contribution in [-0.2, 0) is 38.0 Å². The van der Waals surface area contributed by atoms with E-state index in [0.717, 1.165) is 0 Å². The van der Waals surface area contributed by atoms with Crippen molar-refractivity contribution in [2.24, 2.45) is 34.5 Å². The van der Waals surface area contributed by atoms with Crippen molar-refractivity contribution in [3.05, 3.63) is 0 Å². The molecule has 1 aliphatic heterocycles. The first-order valence-corrected chi connectivity index (χ1v) is 15.7. The fraction of sp³-hybridized carbons (Fsp3) is 0.935. The SMILES string of the molecule is CCCC(=O)O[C@@H]1C2C3C[C@]1(O)[C@@H](OC)[C@H](O)[C@]2(OC(C)=O)C1C2N(CC)C[C@@]4(COC)C([C@@H]1OC)[C@@]32[C@@H](OC)C[C@H]4O. The van der Waals surface area contributed by atoms with Crippen molar-refractivity contribution in [1.82, 2.24) is 4.90 Å². The van der Waals surface area contributed by atoms with E-state index in [1.165, 1.54) is 14.0 Å². The molecule has 15 atom stereocenters. The molecule has 5 unspecified atom stereocenters. The first-order valence-electron chi connectivity index (χ1n) is 15.7. The van der Waals surface area contributed by atoms with Gasteiger partial charge in [0.15, 0.2) is 5.60 Å². The number of methoxy groups -OCH3 is 4. The summed E-state index contributed by atoms with van der Waals surface area (Å²) in [4.78, 5) is 28.6. The molecule has 12 heteroatoms. The summed E-state index contributed by atoms with van der Waals surface area (Å²) in [6.45, 7) is 6.61. The molecule has 0 amide bonds. The number of piperidine rings is 1. The quantitative estimate of drug-likeness (QED) is 0.288. The highest BCUT2D eigenvalue weighted by molar-refractivity contribution is 5.70. The average molecular weight is 612 g/mol. The number of carbonyl (C=O) groups excluding carboxylic acids is 2. The Balaban J connectivity index is 1.70. The molecule has 244 valence electrons. The van der Waals surface area contributed by atoms with Crippen LogP contribution in [0.15, 0.2) is 0 Å². The fourth-order valence-corrected chi connectivity index (χ4v) is 12.0. The van der Waals surface area contributed by atoms with E-state index in [2.05, 4.69) is 11.8 Å². The maximum absolute atomic E-state index is 13.1. The van der Waals surface area contributed by atoms with Crippen molar-refractivity contribution in [1.29, 1.82) is 0 Å². The van der Waals surface area contributed by atoms with E-state index in [1.807, 2.05) is 6.92 Å². The van der Waals surface area contributed by atoms with Gasteiger partial charge in [0.2, 0.25) is 0 Å². The van der Waals surface area contributed by atoms with Crippen LogP contribution in [-0.4, -0.2) is 134 Å². The number of rotatable bonds is 10. The molecule has 1 heterocycles. The van der Waals surface area contributed by atoms with Crippen LogP contribution in [0.3, 0.4) is 0 Å². The van der Waals surface area contributed by atoms with Crippen LogP contribution < -0.4 is 0 Å². The maximum Gasteiger partial charge on any atom is 0.306 e. The van der Waals surface area contributed by atoms with Gasteiger partial charge in [-0.1, -0.05) is 13.8 Å². The number of hydrogen-bond donors (Lipinski definition) is 3. The highest BCUT2D eigenvalue weighted by atomic mass is 16.6. The zero-order valence-corrected chi connectivity index (χ0v) is 26.4. The number of esters is 2. The van der Waals surface area contributed by atoms with Gasteiger partial charge in [-0.2, -0.15) is 0 Å². The van der Waals surface area contributed by atoms with Gasteiger partial charge in [0.1, 0.15) is 23.9 Å². The number of nitrogens with zero attached hydrogens (tertiary/aromatic N) is 1. The molecule has 43 heavy (non-hydrogen) atoms. The van der Waals surface area contributed by atoms with Gasteiger partial charge in [-0.15, -0.1) is 0 Å². The van der Waals surface area contributed by atoms with Crippen molar-refractivity contribution in [2.45, 2.75) is 100 Å². The summed E-state index contributed by atoms with van der Waals surface area (Å²) in [5.41, 5.74) is -4.90. The summed E-state index contributed by atoms with van der Waals surface area (Å²) in [7, 11) is 6.29. The predicted octanol–water partition coefficient (Wildman–Crippen LogP) is 0.134. The minimum Gasteiger partial charge on any atom is -0.459 e. The second-order valence-electron chi connectivity index (χ2n) is 13.9. The van der Waals surface area contributed by atoms with E-state index >= 15 is 0 Å². The van der Waals surface area contributed by atoms with Crippen LogP contribution in [0, 0.1) is 34.5 Å². The molecule has 6 rings (SSSR count). The summed E-state index contributed by atoms with van der Waals surface area (Å²) < 4.78 is 37.1. The molecule has 6 aliphatic rings. The number of likely N-dealkylation sites (tertiary alicyclic amines) is 1. The van der Waals surface area contributed by atoms with E-state index in [0.29, 0.717) is 25.9 Å². The zero-order chi connectivity index (χ0) is 31.3. The van der Waals surface area contributed by atoms with Gasteiger partial charge in [-0.25, -0.2) is 0 Å². The molecular formula is C31H49NO11. The van der Waals surface area contributed by atoms with Crippen molar-refractivity contribution >= 4 is 11.9 Å². The second kappa shape index (κ2) is 10.6. The highest BCUT2D eigenvalue weighted by Gasteiger charge is 2.92. The van der Waals surface area contributed by atoms with Crippen LogP contribution in [0.4, 0.5) is 0 Å². The standard InChI is InChI=1S/C31H49NO11/c1-8-10-19(35)42-26-20-16-12-29(26,37)27(41-7)25(36)31(20,43-15(3)33)21-22(40-6)23-28(14-38-4)13-32(9-2)24(21)30(16,23)18(39-5)11-17(28)34/h16-18,20-27,34,36-37H,8-14H2,1-7H3/t16?,17-,18+,20?,21?,22-,23?,24?,25+,26-,27+,28+,29-,30+,31-/m1/s1. The lowest BCUT2D eigenvalue weighted by molar-refractivity contribution is -0.324. The van der Waals surface area contributed by atoms with Crippen LogP contribution in [0.1, 0.15) is 46.5 Å². The fourth-order valence-electron chi connectivity index (χ4n) is 12.0. The van der Waals surface area contributed by atoms with Crippen LogP contribution in [0.2, 0.25) is 0 Å². The van der Waals surface area contributed by atoms with E-state index in [-0.39, 0.29) is 31.4 Å². The largest absolute Gasteiger partial charge is 0.459 e. The van der Waals surface area contributed by atoms with Crippen molar-refractivity contribution in [2.75, 3.05) is 48.1 Å². The molecule has 0 aromatic carbocycles. The molecule has 0 aromatic heterocycles. The molecule has 7 bridgehead atoms. The van der Waals surface area contributed by atoms with Crippen LogP contribution >= 0.6 is 0 Å². The minimum absolute atomic E-state index is 0.118. The first-order chi connectivity index (χ1) is 20.5. The summed E-state index contributed by atoms with van der Waals surface area (Å²) in [6, 6.07) is -0.310. The molecular weight excluding hydrogens is 562 g/mol. The Bertz CT molecular complexity index is 1120. The van der Waals surface area contributed by atoms with Gasteiger partial charge in [-0.05, 0) is 25.3 Å². The van der Waals surface area contributed by atoms with Crippen molar-refractivity contribution < 1.29 is 53.3 Å². The Morgan fingerprint density at radius 1 is 1.00 bits per heavy atom. The molecule has 1 saturated heterocycles. The van der Waals surface area contributed by atoms with Crippen LogP contribution in [0.5, 0.6) is 0 Å². The van der Waals surface area contributed by atoms with Gasteiger partial charge in [-0.3, -0.25) is 14.5 Å². The van der Waals surface area contributed by atoms with E-state index in [1.54, 1.807) is 21.3 Å². The van der Waals surface area contributed by atoms with Gasteiger partial charge in [0.25, 0.3) is 0 Å². The molecule has 3 N–H and O–H groups in total. The van der Waals surface area contributed by atoms with E-state index in [4.69, 9.17) is 28.4 Å². The molecule has 0 radical (unpaired) electrons. The summed E-state index contributed by atoms with van der Waals surface area (Å²) >= 11 is 0. The number of fused-ring (bicyclic) bond motifs is 2. The molecule has 6 fully saturated rings. The third-order valence-electron chi connectivity index (χ3n) is 12.6. The number of ether oxygens (including phenoxy) is 6. The molecule has 12 nitrogen and oxygen atoms in total. The van der Waals surface area contributed by atoms with Gasteiger partial charge in [0.05, 0.1) is 24.9 Å². The molecule has 5 aliphatic carbocycles. The smallest absolute Gasteiger partial charge is 0.306 e.